The molecule has 4 aromatic heterocycles. The van der Waals surface area contributed by atoms with E-state index >= 15 is 0 Å². The molecule has 0 aliphatic carbocycles. The van der Waals surface area contributed by atoms with Crippen LogP contribution in [0.2, 0.25) is 0 Å². The van der Waals surface area contributed by atoms with Gasteiger partial charge in [0, 0.05) is 36.6 Å². The second-order valence-electron chi connectivity index (χ2n) is 7.27. The molecule has 0 spiro atoms. The van der Waals surface area contributed by atoms with E-state index in [0.29, 0.717) is 34.3 Å². The molecule has 0 atom stereocenters. The Morgan fingerprint density at radius 2 is 2.09 bits per heavy atom. The number of carbonyl (C=O) groups is 2. The number of pyridine rings is 1. The fraction of sp³-hybridized carbons (Fsp3) is 0.273. The topological polar surface area (TPSA) is 117 Å². The highest BCUT2D eigenvalue weighted by Crippen LogP contribution is 2.27. The number of nitrogens with zero attached hydrogens (tertiary/aromatic N) is 6. The lowest BCUT2D eigenvalue weighted by molar-refractivity contribution is 0.102. The monoisotopic (exact) mass is 465 g/mol. The van der Waals surface area contributed by atoms with Crippen LogP contribution in [0.25, 0.3) is 22.0 Å². The van der Waals surface area contributed by atoms with Gasteiger partial charge in [-0.2, -0.15) is 14.9 Å². The average molecular weight is 466 g/mol. The Bertz CT molecular complexity index is 1250. The summed E-state index contributed by atoms with van der Waals surface area (Å²) in [6.45, 7) is 2.44. The molecular formula is C22H23N7O3S. The maximum Gasteiger partial charge on any atom is 0.434 e. The average Bonchev–Trinajstić information content (AvgIpc) is 3.56. The van der Waals surface area contributed by atoms with Crippen molar-refractivity contribution < 1.29 is 14.3 Å². The molecule has 0 aliphatic heterocycles. The van der Waals surface area contributed by atoms with Gasteiger partial charge in [0.05, 0.1) is 24.2 Å². The number of ether oxygens (including phenoxy) is 1. The van der Waals surface area contributed by atoms with Crippen LogP contribution in [0.4, 0.5) is 10.5 Å². The summed E-state index contributed by atoms with van der Waals surface area (Å²) in [6, 6.07) is 5.50. The molecule has 4 rings (SSSR count). The van der Waals surface area contributed by atoms with Crippen molar-refractivity contribution in [2.75, 3.05) is 11.9 Å². The summed E-state index contributed by atoms with van der Waals surface area (Å²) in [4.78, 5) is 33.6. The van der Waals surface area contributed by atoms with Gasteiger partial charge in [0.2, 0.25) is 0 Å². The van der Waals surface area contributed by atoms with E-state index < -0.39 is 6.09 Å². The number of carbonyl (C=O) groups excluding carboxylic acids is 2. The van der Waals surface area contributed by atoms with Crippen LogP contribution in [0.3, 0.4) is 0 Å². The molecular weight excluding hydrogens is 442 g/mol. The fourth-order valence-electron chi connectivity index (χ4n) is 3.08. The van der Waals surface area contributed by atoms with E-state index in [9.17, 15) is 9.59 Å². The first-order chi connectivity index (χ1) is 16.0. The summed E-state index contributed by atoms with van der Waals surface area (Å²) < 4.78 is 7.96. The lowest BCUT2D eigenvalue weighted by Crippen LogP contribution is -2.14. The third-order valence-electron chi connectivity index (χ3n) is 4.71. The van der Waals surface area contributed by atoms with Crippen molar-refractivity contribution in [2.24, 2.45) is 7.05 Å². The largest absolute Gasteiger partial charge is 0.448 e. The van der Waals surface area contributed by atoms with Crippen LogP contribution >= 0.6 is 11.3 Å². The number of nitrogens with one attached hydrogen (secondary N) is 1. The van der Waals surface area contributed by atoms with E-state index in [1.165, 1.54) is 17.5 Å². The minimum atomic E-state index is -0.537. The normalized spacial score (nSPS) is 10.8. The van der Waals surface area contributed by atoms with E-state index in [2.05, 4.69) is 32.4 Å². The molecule has 33 heavy (non-hydrogen) atoms. The molecule has 1 N–H and O–H groups in total. The van der Waals surface area contributed by atoms with Gasteiger partial charge in [-0.05, 0) is 18.6 Å². The summed E-state index contributed by atoms with van der Waals surface area (Å²) in [6.07, 6.45) is 8.79. The van der Waals surface area contributed by atoms with Crippen LogP contribution in [-0.4, -0.2) is 48.1 Å². The van der Waals surface area contributed by atoms with Gasteiger partial charge in [-0.15, -0.1) is 11.3 Å². The maximum atomic E-state index is 12.8. The number of hydrogen-bond acceptors (Lipinski definition) is 8. The van der Waals surface area contributed by atoms with Crippen LogP contribution in [0, 0.1) is 0 Å². The first-order valence-electron chi connectivity index (χ1n) is 10.5. The quantitative estimate of drug-likeness (QED) is 0.387. The van der Waals surface area contributed by atoms with E-state index in [1.54, 1.807) is 35.7 Å². The van der Waals surface area contributed by atoms with E-state index in [1.807, 2.05) is 18.2 Å². The van der Waals surface area contributed by atoms with Crippen molar-refractivity contribution in [1.82, 2.24) is 29.5 Å². The molecule has 10 nitrogen and oxygen atoms in total. The lowest BCUT2D eigenvalue weighted by Gasteiger charge is -2.03. The first-order valence-corrected chi connectivity index (χ1v) is 11.4. The predicted molar refractivity (Wildman–Crippen MR) is 124 cm³/mol. The molecule has 0 radical (unpaired) electrons. The number of aryl methyl sites for hydroxylation is 1. The predicted octanol–water partition coefficient (Wildman–Crippen LogP) is 4.23. The third-order valence-corrected chi connectivity index (χ3v) is 5.60. The molecule has 0 saturated heterocycles. The van der Waals surface area contributed by atoms with E-state index in [0.717, 1.165) is 23.9 Å². The molecule has 0 bridgehead atoms. The second kappa shape index (κ2) is 10.2. The van der Waals surface area contributed by atoms with Gasteiger partial charge < -0.3 is 10.1 Å². The molecule has 0 unspecified atom stereocenters. The summed E-state index contributed by atoms with van der Waals surface area (Å²) in [5.74, 6) is -0.370. The van der Waals surface area contributed by atoms with Crippen LogP contribution in [-0.2, 0) is 11.8 Å². The van der Waals surface area contributed by atoms with Gasteiger partial charge >= 0.3 is 6.09 Å². The standard InChI is InChI=1S/C22H23N7O3S/c1-3-4-7-10-32-22(31)29-12-15(11-24-29)21-26-18(14-33-21)20(30)25-17-13-28(2)27-19(17)16-8-5-6-9-23-16/h5-6,8-9,11-14H,3-4,7,10H2,1-2H3,(H,25,30). The summed E-state index contributed by atoms with van der Waals surface area (Å²) in [5, 5.41) is 13.5. The SMILES string of the molecule is CCCCCOC(=O)n1cc(-c2nc(C(=O)Nc3cn(C)nc3-c3ccccn3)cs2)cn1. The first kappa shape index (κ1) is 22.3. The third kappa shape index (κ3) is 5.32. The molecule has 170 valence electrons. The number of aromatic nitrogens is 6. The Labute approximate surface area is 194 Å². The molecule has 1 amide bonds. The summed E-state index contributed by atoms with van der Waals surface area (Å²) >= 11 is 1.29. The zero-order valence-electron chi connectivity index (χ0n) is 18.3. The van der Waals surface area contributed by atoms with Gasteiger partial charge in [0.25, 0.3) is 5.91 Å². The van der Waals surface area contributed by atoms with Crippen molar-refractivity contribution in [3.8, 4) is 22.0 Å². The zero-order chi connectivity index (χ0) is 23.2. The molecule has 0 fully saturated rings. The molecule has 4 heterocycles. The molecule has 0 aliphatic rings. The zero-order valence-corrected chi connectivity index (χ0v) is 19.1. The van der Waals surface area contributed by atoms with Crippen molar-refractivity contribution in [2.45, 2.75) is 26.2 Å². The van der Waals surface area contributed by atoms with Crippen molar-refractivity contribution in [3.63, 3.8) is 0 Å². The maximum absolute atomic E-state index is 12.8. The number of anilines is 1. The van der Waals surface area contributed by atoms with Crippen LogP contribution in [0.1, 0.15) is 36.7 Å². The van der Waals surface area contributed by atoms with Gasteiger partial charge in [0.1, 0.15) is 16.4 Å². The minimum Gasteiger partial charge on any atom is -0.448 e. The molecule has 4 aromatic rings. The smallest absolute Gasteiger partial charge is 0.434 e. The Hall–Kier alpha value is -3.86. The highest BCUT2D eigenvalue weighted by molar-refractivity contribution is 7.13. The van der Waals surface area contributed by atoms with Crippen molar-refractivity contribution >= 4 is 29.0 Å². The highest BCUT2D eigenvalue weighted by Gasteiger charge is 2.18. The van der Waals surface area contributed by atoms with Crippen LogP contribution < -0.4 is 5.32 Å². The Morgan fingerprint density at radius 1 is 1.21 bits per heavy atom. The van der Waals surface area contributed by atoms with E-state index in [-0.39, 0.29) is 11.6 Å². The van der Waals surface area contributed by atoms with Crippen molar-refractivity contribution in [1.29, 1.82) is 0 Å². The van der Waals surface area contributed by atoms with Crippen LogP contribution in [0.5, 0.6) is 0 Å². The number of unbranched alkanes of at least 4 members (excludes halogenated alkanes) is 2. The number of amides is 1. The Balaban J connectivity index is 1.44. The summed E-state index contributed by atoms with van der Waals surface area (Å²) in [5.41, 5.74) is 2.64. The van der Waals surface area contributed by atoms with Gasteiger partial charge in [-0.25, -0.2) is 9.78 Å². The van der Waals surface area contributed by atoms with Crippen LogP contribution in [0.15, 0.2) is 48.4 Å². The Morgan fingerprint density at radius 3 is 2.88 bits per heavy atom. The second-order valence-corrected chi connectivity index (χ2v) is 8.13. The molecule has 0 aromatic carbocycles. The van der Waals surface area contributed by atoms with Crippen molar-refractivity contribution in [3.05, 3.63) is 54.1 Å². The number of thiazole rings is 1. The highest BCUT2D eigenvalue weighted by atomic mass is 32.1. The molecule has 0 saturated carbocycles. The van der Waals surface area contributed by atoms with Gasteiger partial charge in [-0.1, -0.05) is 25.8 Å². The molecule has 11 heteroatoms. The van der Waals surface area contributed by atoms with Gasteiger partial charge in [-0.3, -0.25) is 14.5 Å². The Kier molecular flexibility index (Phi) is 6.89. The van der Waals surface area contributed by atoms with E-state index in [4.69, 9.17) is 4.74 Å². The fourth-order valence-corrected chi connectivity index (χ4v) is 3.86. The number of hydrogen-bond donors (Lipinski definition) is 1. The summed E-state index contributed by atoms with van der Waals surface area (Å²) in [7, 11) is 1.77. The lowest BCUT2D eigenvalue weighted by atomic mass is 10.2. The van der Waals surface area contributed by atoms with Gasteiger partial charge in [0.15, 0.2) is 0 Å². The number of rotatable bonds is 8. The minimum absolute atomic E-state index is 0.251.